The Morgan fingerprint density at radius 3 is 2.73 bits per heavy atom. The Labute approximate surface area is 144 Å². The van der Waals surface area contributed by atoms with Gasteiger partial charge in [0.2, 0.25) is 0 Å². The van der Waals surface area contributed by atoms with Gasteiger partial charge in [-0.3, -0.25) is 0 Å². The molecule has 0 saturated heterocycles. The Morgan fingerprint density at radius 1 is 1.18 bits per heavy atom. The van der Waals surface area contributed by atoms with Crippen LogP contribution in [-0.4, -0.2) is 9.97 Å². The zero-order chi connectivity index (χ0) is 15.5. The highest BCUT2D eigenvalue weighted by Crippen LogP contribution is 2.39. The van der Waals surface area contributed by atoms with E-state index in [-0.39, 0.29) is 5.88 Å². The first kappa shape index (κ1) is 15.1. The fraction of sp³-hybridized carbons (Fsp3) is 0. The van der Waals surface area contributed by atoms with Gasteiger partial charge in [-0.15, -0.1) is 0 Å². The number of benzene rings is 1. The van der Waals surface area contributed by atoms with Gasteiger partial charge >= 0.3 is 5.88 Å². The average molecular weight is 393 g/mol. The van der Waals surface area contributed by atoms with Crippen LogP contribution < -0.4 is 0 Å². The second kappa shape index (κ2) is 6.53. The van der Waals surface area contributed by atoms with E-state index in [1.165, 1.54) is 11.8 Å². The molecular formula is C15H7BrClN3OS. The highest BCUT2D eigenvalue weighted by Gasteiger charge is 2.13. The van der Waals surface area contributed by atoms with E-state index in [1.807, 2.05) is 18.2 Å². The van der Waals surface area contributed by atoms with Crippen molar-refractivity contribution < 1.29 is 4.42 Å². The monoisotopic (exact) mass is 391 g/mol. The minimum atomic E-state index is 0.239. The van der Waals surface area contributed by atoms with Gasteiger partial charge in [0, 0.05) is 10.5 Å². The van der Waals surface area contributed by atoms with Crippen LogP contribution in [0.25, 0.3) is 16.2 Å². The van der Waals surface area contributed by atoms with Gasteiger partial charge in [-0.25, -0.2) is 9.97 Å². The van der Waals surface area contributed by atoms with Crippen molar-refractivity contribution >= 4 is 45.2 Å². The van der Waals surface area contributed by atoms with E-state index < -0.39 is 0 Å². The van der Waals surface area contributed by atoms with Gasteiger partial charge in [0.05, 0.1) is 24.0 Å². The topological polar surface area (TPSA) is 43.3 Å². The maximum Gasteiger partial charge on any atom is 0.346 e. The van der Waals surface area contributed by atoms with Crippen LogP contribution in [0.2, 0.25) is 5.02 Å². The highest BCUT2D eigenvalue weighted by molar-refractivity contribution is 9.10. The summed E-state index contributed by atoms with van der Waals surface area (Å²) in [6.07, 6.45) is 3.30. The molecule has 0 radical (unpaired) electrons. The van der Waals surface area contributed by atoms with E-state index in [0.717, 1.165) is 15.5 Å². The predicted molar refractivity (Wildman–Crippen MR) is 89.3 cm³/mol. The van der Waals surface area contributed by atoms with E-state index in [1.54, 1.807) is 24.5 Å². The fourth-order valence-corrected chi connectivity index (χ4v) is 3.10. The molecule has 3 rings (SSSR count). The molecule has 0 aliphatic rings. The van der Waals surface area contributed by atoms with Gasteiger partial charge in [0.1, 0.15) is 15.4 Å². The van der Waals surface area contributed by atoms with Crippen LogP contribution in [-0.2, 0) is 0 Å². The Balaban J connectivity index is 1.95. The summed E-state index contributed by atoms with van der Waals surface area (Å²) < 4.78 is 6.12. The summed E-state index contributed by atoms with van der Waals surface area (Å²) in [5.41, 5.74) is 0.742. The number of rotatable bonds is 3. The van der Waals surface area contributed by atoms with Gasteiger partial charge in [0.15, 0.2) is 0 Å². The van der Waals surface area contributed by atoms with Crippen molar-refractivity contribution in [2.24, 2.45) is 0 Å². The van der Waals surface area contributed by atoms with Crippen LogP contribution in [0.1, 0.15) is 0 Å². The molecule has 0 bridgehead atoms. The molecule has 108 valence electrons. The van der Waals surface area contributed by atoms with Crippen molar-refractivity contribution in [1.29, 1.82) is 0 Å². The molecule has 4 nitrogen and oxygen atoms in total. The molecule has 22 heavy (non-hydrogen) atoms. The number of furan rings is 1. The van der Waals surface area contributed by atoms with Crippen molar-refractivity contribution in [2.75, 3.05) is 0 Å². The maximum atomic E-state index is 6.96. The molecule has 0 aliphatic heterocycles. The molecule has 2 aromatic heterocycles. The highest BCUT2D eigenvalue weighted by atomic mass is 79.9. The summed E-state index contributed by atoms with van der Waals surface area (Å²) in [5, 5.41) is 1.30. The van der Waals surface area contributed by atoms with Crippen LogP contribution >= 0.6 is 39.3 Å². The van der Waals surface area contributed by atoms with Gasteiger partial charge in [-0.2, -0.15) is 4.85 Å². The van der Waals surface area contributed by atoms with E-state index in [9.17, 15) is 0 Å². The largest absolute Gasteiger partial charge is 0.480 e. The van der Waals surface area contributed by atoms with Crippen molar-refractivity contribution in [2.45, 2.75) is 9.92 Å². The van der Waals surface area contributed by atoms with Crippen LogP contribution in [0.5, 0.6) is 0 Å². The van der Waals surface area contributed by atoms with E-state index in [2.05, 4.69) is 30.7 Å². The number of aromatic nitrogens is 2. The predicted octanol–water partition coefficient (Wildman–Crippen LogP) is 5.85. The summed E-state index contributed by atoms with van der Waals surface area (Å²) >= 11 is 11.1. The molecule has 2 heterocycles. The average Bonchev–Trinajstić information content (AvgIpc) is 3.00. The zero-order valence-electron chi connectivity index (χ0n) is 11.0. The summed E-state index contributed by atoms with van der Waals surface area (Å²) in [5.74, 6) is 0.809. The third-order valence-electron chi connectivity index (χ3n) is 2.74. The third kappa shape index (κ3) is 3.17. The van der Waals surface area contributed by atoms with Crippen molar-refractivity contribution in [3.63, 3.8) is 0 Å². The van der Waals surface area contributed by atoms with Crippen LogP contribution in [0.15, 0.2) is 61.7 Å². The Bertz CT molecular complexity index is 858. The van der Waals surface area contributed by atoms with Crippen molar-refractivity contribution in [3.8, 4) is 11.3 Å². The Morgan fingerprint density at radius 2 is 2.05 bits per heavy atom. The first-order valence-electron chi connectivity index (χ1n) is 6.09. The zero-order valence-corrected chi connectivity index (χ0v) is 14.1. The second-order valence-corrected chi connectivity index (χ2v) is 6.40. The number of hydrogen-bond donors (Lipinski definition) is 0. The van der Waals surface area contributed by atoms with E-state index in [4.69, 9.17) is 22.6 Å². The van der Waals surface area contributed by atoms with E-state index in [0.29, 0.717) is 15.4 Å². The van der Waals surface area contributed by atoms with E-state index >= 15 is 0 Å². The lowest BCUT2D eigenvalue weighted by Gasteiger charge is -2.07. The van der Waals surface area contributed by atoms with Gasteiger partial charge in [-0.05, 0) is 40.2 Å². The first-order chi connectivity index (χ1) is 10.7. The molecule has 0 spiro atoms. The van der Waals surface area contributed by atoms with Gasteiger partial charge in [-0.1, -0.05) is 29.4 Å². The molecule has 0 unspecified atom stereocenters. The number of halogens is 2. The molecule has 0 aliphatic carbocycles. The molecule has 3 aromatic rings. The van der Waals surface area contributed by atoms with Gasteiger partial charge < -0.3 is 4.42 Å². The maximum absolute atomic E-state index is 6.96. The molecule has 0 saturated carbocycles. The lowest BCUT2D eigenvalue weighted by molar-refractivity contribution is 0.607. The Kier molecular flexibility index (Phi) is 4.48. The Hall–Kier alpha value is -1.81. The summed E-state index contributed by atoms with van der Waals surface area (Å²) in [4.78, 5) is 12.5. The molecular weight excluding hydrogens is 386 g/mol. The quantitative estimate of drug-likeness (QED) is 0.524. The smallest absolute Gasteiger partial charge is 0.346 e. The summed E-state index contributed by atoms with van der Waals surface area (Å²) in [6.45, 7) is 6.96. The van der Waals surface area contributed by atoms with Crippen LogP contribution in [0, 0.1) is 6.57 Å². The number of hydrogen-bond acceptors (Lipinski definition) is 4. The summed E-state index contributed by atoms with van der Waals surface area (Å²) in [6, 6.07) is 9.00. The number of nitrogens with zero attached hydrogens (tertiary/aromatic N) is 3. The SMILES string of the molecule is [C-]#[N+]c1ccc(-c2cccc(Sc3cnc(Br)cn3)c2Cl)o1. The molecule has 0 atom stereocenters. The van der Waals surface area contributed by atoms with Crippen molar-refractivity contribution in [1.82, 2.24) is 9.97 Å². The van der Waals surface area contributed by atoms with Gasteiger partial charge in [0.25, 0.3) is 0 Å². The normalized spacial score (nSPS) is 10.4. The second-order valence-electron chi connectivity index (χ2n) is 4.15. The first-order valence-corrected chi connectivity index (χ1v) is 8.07. The molecule has 7 heteroatoms. The minimum Gasteiger partial charge on any atom is -0.480 e. The lowest BCUT2D eigenvalue weighted by Crippen LogP contribution is -1.85. The standard InChI is InChI=1S/C15H7BrClN3OS/c1-18-13-6-5-10(21-13)9-3-2-4-11(15(9)17)22-14-8-19-12(16)7-20-14/h2-8H. The fourth-order valence-electron chi connectivity index (χ4n) is 1.78. The molecule has 1 aromatic carbocycles. The van der Waals surface area contributed by atoms with Crippen LogP contribution in [0.4, 0.5) is 5.88 Å². The summed E-state index contributed by atoms with van der Waals surface area (Å²) in [7, 11) is 0. The third-order valence-corrected chi connectivity index (χ3v) is 4.65. The molecule has 0 N–H and O–H groups in total. The van der Waals surface area contributed by atoms with Crippen LogP contribution in [0.3, 0.4) is 0 Å². The lowest BCUT2D eigenvalue weighted by atomic mass is 10.2. The minimum absolute atomic E-state index is 0.239. The molecule has 0 amide bonds. The van der Waals surface area contributed by atoms with Crippen molar-refractivity contribution in [3.05, 3.63) is 63.8 Å². The molecule has 0 fully saturated rings.